The van der Waals surface area contributed by atoms with Gasteiger partial charge in [-0.15, -0.1) is 0 Å². The van der Waals surface area contributed by atoms with Gasteiger partial charge in [0.15, 0.2) is 0 Å². The van der Waals surface area contributed by atoms with E-state index in [4.69, 9.17) is 19.4 Å². The molecule has 1 heterocycles. The number of allylic oxidation sites excluding steroid dienone is 1. The molecule has 1 aliphatic heterocycles. The number of hydrogen-bond donors (Lipinski definition) is 1. The third-order valence-corrected chi connectivity index (χ3v) is 7.64. The standard InChI is InChI=1S/C26H34FNO5/c1-31-28-25(18-7-3-2-4-8-18)24-21(9-5-6-14-32-16-23(29)30)26(15-22(24)33-17-26)19-10-12-20(27)13-11-19/h5-6,10-13,18,21-22,24H,2-4,7-9,14-17H2,1H3,(H,29,30)/b6-5-,28-25?/t21-,22-,24-,26-/m0/s1. The van der Waals surface area contributed by atoms with Crippen LogP contribution in [0.3, 0.4) is 0 Å². The lowest BCUT2D eigenvalue weighted by Crippen LogP contribution is -2.44. The van der Waals surface area contributed by atoms with Gasteiger partial charge in [0, 0.05) is 17.3 Å². The van der Waals surface area contributed by atoms with Crippen molar-refractivity contribution in [1.29, 1.82) is 0 Å². The topological polar surface area (TPSA) is 77.3 Å². The lowest BCUT2D eigenvalue weighted by atomic mass is 9.66. The van der Waals surface area contributed by atoms with Gasteiger partial charge in [-0.05, 0) is 49.3 Å². The Hall–Kier alpha value is -2.25. The largest absolute Gasteiger partial charge is 0.480 e. The van der Waals surface area contributed by atoms with Crippen molar-refractivity contribution in [2.75, 3.05) is 26.9 Å². The van der Waals surface area contributed by atoms with Crippen molar-refractivity contribution in [3.63, 3.8) is 0 Å². The van der Waals surface area contributed by atoms with Crippen LogP contribution in [0.4, 0.5) is 4.39 Å². The van der Waals surface area contributed by atoms with Crippen LogP contribution < -0.4 is 0 Å². The Morgan fingerprint density at radius 1 is 1.24 bits per heavy atom. The second-order valence-corrected chi connectivity index (χ2v) is 9.50. The summed E-state index contributed by atoms with van der Waals surface area (Å²) in [6.45, 7) is 0.561. The van der Waals surface area contributed by atoms with Gasteiger partial charge in [-0.2, -0.15) is 0 Å². The normalized spacial score (nSPS) is 30.2. The van der Waals surface area contributed by atoms with Crippen LogP contribution in [0, 0.1) is 23.6 Å². The van der Waals surface area contributed by atoms with E-state index in [0.717, 1.165) is 37.0 Å². The number of fused-ring (bicyclic) bond motifs is 2. The van der Waals surface area contributed by atoms with Crippen LogP contribution >= 0.6 is 0 Å². The molecule has 0 spiro atoms. The van der Waals surface area contributed by atoms with Crippen molar-refractivity contribution in [2.24, 2.45) is 22.9 Å². The summed E-state index contributed by atoms with van der Waals surface area (Å²) >= 11 is 0. The summed E-state index contributed by atoms with van der Waals surface area (Å²) in [4.78, 5) is 16.0. The first-order valence-corrected chi connectivity index (χ1v) is 12.0. The number of aliphatic carboxylic acids is 1. The summed E-state index contributed by atoms with van der Waals surface area (Å²) < 4.78 is 25.2. The Labute approximate surface area is 194 Å². The molecule has 2 bridgehead atoms. The van der Waals surface area contributed by atoms with Crippen molar-refractivity contribution >= 4 is 11.7 Å². The molecule has 4 rings (SSSR count). The molecule has 0 radical (unpaired) electrons. The van der Waals surface area contributed by atoms with Gasteiger partial charge in [-0.25, -0.2) is 9.18 Å². The number of benzene rings is 1. The predicted octanol–water partition coefficient (Wildman–Crippen LogP) is 4.73. The quantitative estimate of drug-likeness (QED) is 0.237. The molecule has 0 aromatic heterocycles. The highest BCUT2D eigenvalue weighted by Gasteiger charge is 2.61. The predicted molar refractivity (Wildman–Crippen MR) is 123 cm³/mol. The molecule has 0 amide bonds. The average molecular weight is 460 g/mol. The number of halogens is 1. The molecule has 0 unspecified atom stereocenters. The molecule has 2 saturated carbocycles. The molecule has 7 heteroatoms. The van der Waals surface area contributed by atoms with Crippen molar-refractivity contribution in [2.45, 2.75) is 56.5 Å². The number of rotatable bonds is 10. The van der Waals surface area contributed by atoms with E-state index in [1.807, 2.05) is 18.2 Å². The summed E-state index contributed by atoms with van der Waals surface area (Å²) in [6.07, 6.45) is 11.6. The first kappa shape index (κ1) is 23.9. The Morgan fingerprint density at radius 2 is 2.00 bits per heavy atom. The summed E-state index contributed by atoms with van der Waals surface area (Å²) in [6, 6.07) is 6.85. The van der Waals surface area contributed by atoms with Crippen molar-refractivity contribution in [1.82, 2.24) is 0 Å². The van der Waals surface area contributed by atoms with Crippen molar-refractivity contribution < 1.29 is 28.6 Å². The molecule has 1 aromatic rings. The van der Waals surface area contributed by atoms with E-state index in [-0.39, 0.29) is 42.4 Å². The molecule has 1 N–H and O–H groups in total. The molecule has 6 nitrogen and oxygen atoms in total. The SMILES string of the molecule is CON=C(C1CCCCC1)[C@@H]1[C@@H]2C[C@@](c3ccc(F)cc3)(CO2)[C@H]1C/C=C\COCC(=O)O. The monoisotopic (exact) mass is 459 g/mol. The van der Waals surface area contributed by atoms with E-state index in [2.05, 4.69) is 11.2 Å². The third kappa shape index (κ3) is 5.14. The maximum absolute atomic E-state index is 13.7. The highest BCUT2D eigenvalue weighted by Crippen LogP contribution is 2.58. The van der Waals surface area contributed by atoms with E-state index in [9.17, 15) is 9.18 Å². The van der Waals surface area contributed by atoms with Gasteiger partial charge in [-0.1, -0.05) is 48.7 Å². The van der Waals surface area contributed by atoms with E-state index < -0.39 is 5.97 Å². The van der Waals surface area contributed by atoms with E-state index in [0.29, 0.717) is 12.5 Å². The fourth-order valence-electron chi connectivity index (χ4n) is 6.23. The van der Waals surface area contributed by atoms with Crippen molar-refractivity contribution in [3.8, 4) is 0 Å². The number of carboxylic acid groups (broad SMARTS) is 1. The fourth-order valence-corrected chi connectivity index (χ4v) is 6.23. The zero-order chi connectivity index (χ0) is 23.3. The highest BCUT2D eigenvalue weighted by atomic mass is 19.1. The lowest BCUT2D eigenvalue weighted by Gasteiger charge is -2.41. The highest BCUT2D eigenvalue weighted by molar-refractivity contribution is 5.90. The number of carbonyl (C=O) groups is 1. The van der Waals surface area contributed by atoms with Gasteiger partial charge in [0.25, 0.3) is 0 Å². The molecule has 180 valence electrons. The Kier molecular flexibility index (Phi) is 7.81. The van der Waals surface area contributed by atoms with Crippen molar-refractivity contribution in [3.05, 3.63) is 47.8 Å². The fraction of sp³-hybridized carbons (Fsp3) is 0.615. The molecule has 3 fully saturated rings. The zero-order valence-electron chi connectivity index (χ0n) is 19.2. The number of hydrogen-bond acceptors (Lipinski definition) is 5. The van der Waals surface area contributed by atoms with Gasteiger partial charge in [-0.3, -0.25) is 0 Å². The smallest absolute Gasteiger partial charge is 0.329 e. The van der Waals surface area contributed by atoms with Crippen LogP contribution in [0.25, 0.3) is 0 Å². The van der Waals surface area contributed by atoms with Gasteiger partial charge in [0.2, 0.25) is 0 Å². The number of nitrogens with zero attached hydrogens (tertiary/aromatic N) is 1. The summed E-state index contributed by atoms with van der Waals surface area (Å²) in [7, 11) is 1.61. The minimum atomic E-state index is -0.975. The summed E-state index contributed by atoms with van der Waals surface area (Å²) in [5.41, 5.74) is 2.01. The zero-order valence-corrected chi connectivity index (χ0v) is 19.2. The lowest BCUT2D eigenvalue weighted by molar-refractivity contribution is -0.141. The minimum Gasteiger partial charge on any atom is -0.480 e. The van der Waals surface area contributed by atoms with Crippen LogP contribution in [0.5, 0.6) is 0 Å². The molecule has 2 aliphatic carbocycles. The van der Waals surface area contributed by atoms with Gasteiger partial charge < -0.3 is 19.4 Å². The molecule has 33 heavy (non-hydrogen) atoms. The van der Waals surface area contributed by atoms with Crippen LogP contribution in [0.15, 0.2) is 41.6 Å². The number of oxime groups is 1. The van der Waals surface area contributed by atoms with Crippen LogP contribution in [-0.2, 0) is 24.5 Å². The third-order valence-electron chi connectivity index (χ3n) is 7.64. The first-order chi connectivity index (χ1) is 16.0. The maximum atomic E-state index is 13.7. The molecular formula is C26H34FNO5. The van der Waals surface area contributed by atoms with E-state index in [1.54, 1.807) is 7.11 Å². The number of ether oxygens (including phenoxy) is 2. The Balaban J connectivity index is 1.61. The molecular weight excluding hydrogens is 425 g/mol. The molecule has 4 atom stereocenters. The van der Waals surface area contributed by atoms with Gasteiger partial charge >= 0.3 is 5.97 Å². The summed E-state index contributed by atoms with van der Waals surface area (Å²) in [5, 5.41) is 13.3. The van der Waals surface area contributed by atoms with E-state index >= 15 is 0 Å². The molecule has 3 aliphatic rings. The molecule has 1 saturated heterocycles. The van der Waals surface area contributed by atoms with Crippen LogP contribution in [-0.4, -0.2) is 49.8 Å². The average Bonchev–Trinajstić information content (AvgIpc) is 3.38. The second kappa shape index (κ2) is 10.8. The van der Waals surface area contributed by atoms with E-state index in [1.165, 1.54) is 31.4 Å². The second-order valence-electron chi connectivity index (χ2n) is 9.50. The Bertz CT molecular complexity index is 864. The van der Waals surface area contributed by atoms with Gasteiger partial charge in [0.1, 0.15) is 19.5 Å². The van der Waals surface area contributed by atoms with Crippen LogP contribution in [0.1, 0.15) is 50.5 Å². The number of carboxylic acids is 1. The minimum absolute atomic E-state index is 0.0625. The maximum Gasteiger partial charge on any atom is 0.329 e. The first-order valence-electron chi connectivity index (χ1n) is 12.0. The Morgan fingerprint density at radius 3 is 2.70 bits per heavy atom. The van der Waals surface area contributed by atoms with Crippen LogP contribution in [0.2, 0.25) is 0 Å². The van der Waals surface area contributed by atoms with Gasteiger partial charge in [0.05, 0.1) is 25.0 Å². The molecule has 1 aromatic carbocycles. The summed E-state index contributed by atoms with van der Waals surface area (Å²) in [5.74, 6) is -0.445.